The van der Waals surface area contributed by atoms with Crippen LogP contribution < -0.4 is 0 Å². The summed E-state index contributed by atoms with van der Waals surface area (Å²) in [6, 6.07) is 6.57. The molecule has 0 spiro atoms. The van der Waals surface area contributed by atoms with E-state index in [1.54, 1.807) is 26.4 Å². The second-order valence-corrected chi connectivity index (χ2v) is 4.48. The molecule has 0 aliphatic rings. The monoisotopic (exact) mass is 226 g/mol. The first-order chi connectivity index (χ1) is 7.59. The maximum Gasteiger partial charge on any atom is 0.123 e. The van der Waals surface area contributed by atoms with Crippen LogP contribution in [0.5, 0.6) is 0 Å². The van der Waals surface area contributed by atoms with Crippen molar-refractivity contribution in [1.29, 1.82) is 0 Å². The van der Waals surface area contributed by atoms with Crippen molar-refractivity contribution in [2.75, 3.05) is 27.4 Å². The fourth-order valence-electron chi connectivity index (χ4n) is 1.94. The maximum atomic E-state index is 12.8. The van der Waals surface area contributed by atoms with Gasteiger partial charge in [-0.05, 0) is 24.1 Å². The highest BCUT2D eigenvalue weighted by Gasteiger charge is 2.24. The molecule has 0 N–H and O–H groups in total. The predicted octanol–water partition coefficient (Wildman–Crippen LogP) is 2.67. The third kappa shape index (κ3) is 3.91. The van der Waals surface area contributed by atoms with E-state index in [1.807, 2.05) is 0 Å². The van der Waals surface area contributed by atoms with Crippen LogP contribution in [-0.4, -0.2) is 27.4 Å². The van der Waals surface area contributed by atoms with Crippen molar-refractivity contribution in [3.8, 4) is 0 Å². The van der Waals surface area contributed by atoms with Gasteiger partial charge in [0.05, 0.1) is 13.2 Å². The fraction of sp³-hybridized carbons (Fsp3) is 0.538. The molecular formula is C13H19FO2. The zero-order valence-corrected chi connectivity index (χ0v) is 10.1. The van der Waals surface area contributed by atoms with E-state index in [9.17, 15) is 4.39 Å². The summed E-state index contributed by atoms with van der Waals surface area (Å²) in [6.07, 6.45) is 0.814. The van der Waals surface area contributed by atoms with Gasteiger partial charge in [0.1, 0.15) is 5.82 Å². The van der Waals surface area contributed by atoms with Crippen molar-refractivity contribution in [2.24, 2.45) is 5.41 Å². The minimum atomic E-state index is -0.205. The molecule has 0 unspecified atom stereocenters. The molecule has 1 aromatic carbocycles. The Morgan fingerprint density at radius 3 is 2.00 bits per heavy atom. The Balaban J connectivity index is 2.70. The normalized spacial score (nSPS) is 11.8. The molecule has 3 heteroatoms. The first kappa shape index (κ1) is 13.1. The quantitative estimate of drug-likeness (QED) is 0.742. The lowest BCUT2D eigenvalue weighted by Gasteiger charge is -2.28. The molecule has 0 heterocycles. The Morgan fingerprint density at radius 2 is 1.56 bits per heavy atom. The van der Waals surface area contributed by atoms with E-state index in [1.165, 1.54) is 12.1 Å². The summed E-state index contributed by atoms with van der Waals surface area (Å²) >= 11 is 0. The Bertz CT molecular complexity index is 302. The summed E-state index contributed by atoms with van der Waals surface area (Å²) in [5, 5.41) is 0. The highest BCUT2D eigenvalue weighted by Crippen LogP contribution is 2.23. The van der Waals surface area contributed by atoms with Crippen molar-refractivity contribution < 1.29 is 13.9 Å². The van der Waals surface area contributed by atoms with Crippen molar-refractivity contribution in [3.63, 3.8) is 0 Å². The summed E-state index contributed by atoms with van der Waals surface area (Å²) in [5.41, 5.74) is 1.03. The van der Waals surface area contributed by atoms with Crippen LogP contribution in [0.4, 0.5) is 4.39 Å². The Kier molecular flexibility index (Phi) is 4.90. The van der Waals surface area contributed by atoms with E-state index in [4.69, 9.17) is 9.47 Å². The minimum Gasteiger partial charge on any atom is -0.384 e. The van der Waals surface area contributed by atoms with Gasteiger partial charge in [-0.15, -0.1) is 0 Å². The molecule has 0 saturated heterocycles. The van der Waals surface area contributed by atoms with Crippen LogP contribution in [0.2, 0.25) is 0 Å². The van der Waals surface area contributed by atoms with Crippen molar-refractivity contribution in [1.82, 2.24) is 0 Å². The molecule has 0 saturated carbocycles. The van der Waals surface area contributed by atoms with Gasteiger partial charge in [-0.2, -0.15) is 0 Å². The first-order valence-corrected chi connectivity index (χ1v) is 5.32. The van der Waals surface area contributed by atoms with Crippen LogP contribution >= 0.6 is 0 Å². The van der Waals surface area contributed by atoms with Gasteiger partial charge in [0, 0.05) is 19.6 Å². The number of methoxy groups -OCH3 is 2. The number of rotatable bonds is 6. The van der Waals surface area contributed by atoms with Crippen LogP contribution in [0.1, 0.15) is 12.5 Å². The van der Waals surface area contributed by atoms with E-state index < -0.39 is 0 Å². The summed E-state index contributed by atoms with van der Waals surface area (Å²) in [6.45, 7) is 3.35. The molecular weight excluding hydrogens is 207 g/mol. The minimum absolute atomic E-state index is 0.0681. The lowest BCUT2D eigenvalue weighted by Crippen LogP contribution is -2.30. The molecule has 1 aromatic rings. The number of halogens is 1. The average molecular weight is 226 g/mol. The molecule has 16 heavy (non-hydrogen) atoms. The van der Waals surface area contributed by atoms with E-state index >= 15 is 0 Å². The zero-order chi connectivity index (χ0) is 12.0. The summed E-state index contributed by atoms with van der Waals surface area (Å²) in [5.74, 6) is -0.205. The van der Waals surface area contributed by atoms with Crippen molar-refractivity contribution >= 4 is 0 Å². The van der Waals surface area contributed by atoms with Gasteiger partial charge >= 0.3 is 0 Å². The van der Waals surface area contributed by atoms with Gasteiger partial charge in [0.25, 0.3) is 0 Å². The molecule has 0 aromatic heterocycles. The number of hydrogen-bond donors (Lipinski definition) is 0. The third-order valence-corrected chi connectivity index (χ3v) is 2.53. The van der Waals surface area contributed by atoms with Gasteiger partial charge in [0.15, 0.2) is 0 Å². The highest BCUT2D eigenvalue weighted by molar-refractivity contribution is 5.17. The molecule has 0 bridgehead atoms. The van der Waals surface area contributed by atoms with Crippen molar-refractivity contribution in [3.05, 3.63) is 35.6 Å². The predicted molar refractivity (Wildman–Crippen MR) is 62.0 cm³/mol. The Hall–Kier alpha value is -0.930. The first-order valence-electron chi connectivity index (χ1n) is 5.32. The van der Waals surface area contributed by atoms with Crippen LogP contribution in [0.15, 0.2) is 24.3 Å². The van der Waals surface area contributed by atoms with Gasteiger partial charge < -0.3 is 9.47 Å². The Morgan fingerprint density at radius 1 is 1.06 bits per heavy atom. The fourth-order valence-corrected chi connectivity index (χ4v) is 1.94. The van der Waals surface area contributed by atoms with Crippen LogP contribution in [0.3, 0.4) is 0 Å². The smallest absolute Gasteiger partial charge is 0.123 e. The van der Waals surface area contributed by atoms with Gasteiger partial charge in [-0.25, -0.2) is 4.39 Å². The SMILES string of the molecule is COCC(C)(COC)Cc1ccc(F)cc1. The molecule has 0 aliphatic carbocycles. The average Bonchev–Trinajstić information content (AvgIpc) is 2.22. The van der Waals surface area contributed by atoms with E-state index in [2.05, 4.69) is 6.92 Å². The lowest BCUT2D eigenvalue weighted by molar-refractivity contribution is 0.0224. The molecule has 0 fully saturated rings. The standard InChI is InChI=1S/C13H19FO2/c1-13(9-15-2,10-16-3)8-11-4-6-12(14)7-5-11/h4-7H,8-10H2,1-3H3. The zero-order valence-electron chi connectivity index (χ0n) is 10.1. The summed E-state index contributed by atoms with van der Waals surface area (Å²) in [4.78, 5) is 0. The molecule has 2 nitrogen and oxygen atoms in total. The highest BCUT2D eigenvalue weighted by atomic mass is 19.1. The number of hydrogen-bond acceptors (Lipinski definition) is 2. The lowest BCUT2D eigenvalue weighted by atomic mass is 9.85. The molecule has 90 valence electrons. The van der Waals surface area contributed by atoms with Gasteiger partial charge in [-0.3, -0.25) is 0 Å². The van der Waals surface area contributed by atoms with E-state index in [-0.39, 0.29) is 11.2 Å². The van der Waals surface area contributed by atoms with Crippen LogP contribution in [-0.2, 0) is 15.9 Å². The number of ether oxygens (including phenoxy) is 2. The summed E-state index contributed by atoms with van der Waals surface area (Å²) in [7, 11) is 3.36. The van der Waals surface area contributed by atoms with Gasteiger partial charge in [-0.1, -0.05) is 19.1 Å². The van der Waals surface area contributed by atoms with E-state index in [0.717, 1.165) is 12.0 Å². The van der Waals surface area contributed by atoms with Crippen LogP contribution in [0.25, 0.3) is 0 Å². The molecule has 0 amide bonds. The van der Waals surface area contributed by atoms with Crippen LogP contribution in [0, 0.1) is 11.2 Å². The maximum absolute atomic E-state index is 12.8. The molecule has 0 aliphatic heterocycles. The second kappa shape index (κ2) is 5.97. The second-order valence-electron chi connectivity index (χ2n) is 4.48. The van der Waals surface area contributed by atoms with Crippen molar-refractivity contribution in [2.45, 2.75) is 13.3 Å². The topological polar surface area (TPSA) is 18.5 Å². The number of benzene rings is 1. The molecule has 0 atom stereocenters. The largest absolute Gasteiger partial charge is 0.384 e. The summed E-state index contributed by atoms with van der Waals surface area (Å²) < 4.78 is 23.2. The third-order valence-electron chi connectivity index (χ3n) is 2.53. The van der Waals surface area contributed by atoms with E-state index in [0.29, 0.717) is 13.2 Å². The molecule has 1 rings (SSSR count). The molecule has 0 radical (unpaired) electrons. The Labute approximate surface area is 96.4 Å². The van der Waals surface area contributed by atoms with Gasteiger partial charge in [0.2, 0.25) is 0 Å².